The fourth-order valence-corrected chi connectivity index (χ4v) is 3.98. The summed E-state index contributed by atoms with van der Waals surface area (Å²) in [6.45, 7) is 4.01. The van der Waals surface area contributed by atoms with Crippen molar-refractivity contribution in [3.63, 3.8) is 0 Å². The number of nitrogens with zero attached hydrogens (tertiary/aromatic N) is 3. The van der Waals surface area contributed by atoms with E-state index in [0.29, 0.717) is 0 Å². The maximum Gasteiger partial charge on any atom is 0.0920 e. The third kappa shape index (κ3) is 3.67. The minimum absolute atomic E-state index is 0.647. The molecule has 0 radical (unpaired) electrons. The molecule has 0 saturated carbocycles. The normalized spacial score (nSPS) is 17.6. The minimum Gasteiger partial charge on any atom is -0.385 e. The summed E-state index contributed by atoms with van der Waals surface area (Å²) in [7, 11) is 0. The first kappa shape index (κ1) is 17.3. The van der Waals surface area contributed by atoms with Crippen LogP contribution in [0.5, 0.6) is 0 Å². The Balaban J connectivity index is 1.23. The summed E-state index contributed by atoms with van der Waals surface area (Å²) in [6.07, 6.45) is 5.88. The lowest BCUT2D eigenvalue weighted by Crippen LogP contribution is -2.42. The quantitative estimate of drug-likeness (QED) is 0.688. The number of piperidine rings is 1. The van der Waals surface area contributed by atoms with Gasteiger partial charge in [0.15, 0.2) is 0 Å². The first-order valence-corrected chi connectivity index (χ1v) is 9.65. The lowest BCUT2D eigenvalue weighted by Gasteiger charge is -2.38. The van der Waals surface area contributed by atoms with Crippen molar-refractivity contribution in [3.8, 4) is 0 Å². The lowest BCUT2D eigenvalue weighted by atomic mass is 9.84. The fraction of sp³-hybridized carbons (Fsp3) is 0.409. The van der Waals surface area contributed by atoms with E-state index in [4.69, 9.17) is 0 Å². The molecule has 0 amide bonds. The van der Waals surface area contributed by atoms with E-state index < -0.39 is 5.60 Å². The monoisotopic (exact) mass is 349 g/mol. The van der Waals surface area contributed by atoms with Crippen LogP contribution < -0.4 is 0 Å². The summed E-state index contributed by atoms with van der Waals surface area (Å²) in [4.78, 5) is 2.48. The Morgan fingerprint density at radius 1 is 0.885 bits per heavy atom. The van der Waals surface area contributed by atoms with Crippen LogP contribution in [-0.2, 0) is 12.1 Å². The van der Waals surface area contributed by atoms with Gasteiger partial charge in [0.2, 0.25) is 0 Å². The Hall–Kier alpha value is -2.17. The second-order valence-electron chi connectivity index (χ2n) is 7.37. The van der Waals surface area contributed by atoms with Gasteiger partial charge in [0.1, 0.15) is 0 Å². The molecule has 1 aliphatic rings. The molecule has 4 heteroatoms. The Kier molecular flexibility index (Phi) is 5.05. The highest BCUT2D eigenvalue weighted by atomic mass is 16.3. The molecule has 1 aromatic heterocycles. The van der Waals surface area contributed by atoms with Gasteiger partial charge in [-0.05, 0) is 43.9 Å². The first-order valence-electron chi connectivity index (χ1n) is 9.65. The summed E-state index contributed by atoms with van der Waals surface area (Å²) >= 11 is 0. The highest BCUT2D eigenvalue weighted by Gasteiger charge is 2.33. The summed E-state index contributed by atoms with van der Waals surface area (Å²) < 4.78 is 2.11. The van der Waals surface area contributed by atoms with Gasteiger partial charge in [-0.2, -0.15) is 5.10 Å². The SMILES string of the molecule is OC1(c2ccccc2)CCN(CCCCn2ncc3ccccc32)CC1. The van der Waals surface area contributed by atoms with Crippen LogP contribution >= 0.6 is 0 Å². The average molecular weight is 349 g/mol. The van der Waals surface area contributed by atoms with E-state index in [9.17, 15) is 5.11 Å². The number of unbranched alkanes of at least 4 members (excludes halogenated alkanes) is 1. The van der Waals surface area contributed by atoms with Crippen molar-refractivity contribution in [2.45, 2.75) is 37.8 Å². The highest BCUT2D eigenvalue weighted by Crippen LogP contribution is 2.32. The first-order chi connectivity index (χ1) is 12.7. The van der Waals surface area contributed by atoms with Crippen molar-refractivity contribution in [2.24, 2.45) is 0 Å². The van der Waals surface area contributed by atoms with E-state index in [1.807, 2.05) is 36.5 Å². The Labute approximate surface area is 155 Å². The van der Waals surface area contributed by atoms with Crippen molar-refractivity contribution in [1.82, 2.24) is 14.7 Å². The standard InChI is InChI=1S/C22H27N3O/c26-22(20-9-2-1-3-10-20)12-16-24(17-13-22)14-6-7-15-25-21-11-5-4-8-19(21)18-23-25/h1-5,8-11,18,26H,6-7,12-17H2. The number of aryl methyl sites for hydroxylation is 1. The van der Waals surface area contributed by atoms with Gasteiger partial charge in [-0.25, -0.2) is 0 Å². The van der Waals surface area contributed by atoms with E-state index >= 15 is 0 Å². The van der Waals surface area contributed by atoms with E-state index in [1.165, 1.54) is 10.9 Å². The number of aliphatic hydroxyl groups is 1. The zero-order chi connectivity index (χ0) is 17.8. The van der Waals surface area contributed by atoms with Crippen LogP contribution in [0.3, 0.4) is 0 Å². The number of para-hydroxylation sites is 1. The van der Waals surface area contributed by atoms with Crippen LogP contribution in [-0.4, -0.2) is 39.4 Å². The van der Waals surface area contributed by atoms with Crippen molar-refractivity contribution in [2.75, 3.05) is 19.6 Å². The molecule has 1 N–H and O–H groups in total. The zero-order valence-corrected chi connectivity index (χ0v) is 15.2. The van der Waals surface area contributed by atoms with Gasteiger partial charge >= 0.3 is 0 Å². The van der Waals surface area contributed by atoms with Crippen LogP contribution in [0, 0.1) is 0 Å². The number of aromatic nitrogens is 2. The summed E-state index contributed by atoms with van der Waals surface area (Å²) in [5, 5.41) is 16.6. The molecule has 3 aromatic rings. The van der Waals surface area contributed by atoms with Gasteiger partial charge in [0.05, 0.1) is 17.3 Å². The number of rotatable bonds is 6. The zero-order valence-electron chi connectivity index (χ0n) is 15.2. The van der Waals surface area contributed by atoms with Crippen LogP contribution in [0.2, 0.25) is 0 Å². The molecule has 0 spiro atoms. The van der Waals surface area contributed by atoms with Crippen molar-refractivity contribution in [1.29, 1.82) is 0 Å². The number of fused-ring (bicyclic) bond motifs is 1. The maximum atomic E-state index is 10.9. The molecule has 2 heterocycles. The number of benzene rings is 2. The maximum absolute atomic E-state index is 10.9. The Morgan fingerprint density at radius 2 is 1.58 bits per heavy atom. The Bertz CT molecular complexity index is 835. The smallest absolute Gasteiger partial charge is 0.0920 e. The largest absolute Gasteiger partial charge is 0.385 e. The molecule has 1 fully saturated rings. The van der Waals surface area contributed by atoms with Gasteiger partial charge in [-0.1, -0.05) is 48.5 Å². The molecule has 0 bridgehead atoms. The van der Waals surface area contributed by atoms with E-state index in [-0.39, 0.29) is 0 Å². The molecular formula is C22H27N3O. The topological polar surface area (TPSA) is 41.3 Å². The van der Waals surface area contributed by atoms with Crippen molar-refractivity contribution in [3.05, 3.63) is 66.4 Å². The molecule has 136 valence electrons. The van der Waals surface area contributed by atoms with Gasteiger partial charge < -0.3 is 10.0 Å². The number of likely N-dealkylation sites (tertiary alicyclic amines) is 1. The predicted molar refractivity (Wildman–Crippen MR) is 105 cm³/mol. The van der Waals surface area contributed by atoms with Crippen LogP contribution in [0.15, 0.2) is 60.8 Å². The highest BCUT2D eigenvalue weighted by molar-refractivity contribution is 5.78. The number of hydrogen-bond donors (Lipinski definition) is 1. The molecule has 26 heavy (non-hydrogen) atoms. The summed E-state index contributed by atoms with van der Waals surface area (Å²) in [5.74, 6) is 0. The van der Waals surface area contributed by atoms with Crippen molar-refractivity contribution < 1.29 is 5.11 Å². The molecule has 4 nitrogen and oxygen atoms in total. The molecule has 2 aromatic carbocycles. The van der Waals surface area contributed by atoms with Gasteiger partial charge in [0.25, 0.3) is 0 Å². The third-order valence-electron chi connectivity index (χ3n) is 5.64. The van der Waals surface area contributed by atoms with Gasteiger partial charge in [-0.15, -0.1) is 0 Å². The Morgan fingerprint density at radius 3 is 2.38 bits per heavy atom. The molecule has 0 atom stereocenters. The van der Waals surface area contributed by atoms with E-state index in [2.05, 4.69) is 38.9 Å². The fourth-order valence-electron chi connectivity index (χ4n) is 3.98. The van der Waals surface area contributed by atoms with E-state index in [0.717, 1.165) is 57.4 Å². The number of hydrogen-bond acceptors (Lipinski definition) is 3. The molecule has 1 saturated heterocycles. The van der Waals surface area contributed by atoms with Gasteiger partial charge in [0, 0.05) is 25.0 Å². The second kappa shape index (κ2) is 7.60. The molecule has 1 aliphatic heterocycles. The lowest BCUT2D eigenvalue weighted by molar-refractivity contribution is -0.0261. The van der Waals surface area contributed by atoms with Gasteiger partial charge in [-0.3, -0.25) is 4.68 Å². The summed E-state index contributed by atoms with van der Waals surface area (Å²) in [5.41, 5.74) is 1.63. The molecule has 0 unspecified atom stereocenters. The van der Waals surface area contributed by atoms with Crippen LogP contribution in [0.1, 0.15) is 31.2 Å². The molecule has 4 rings (SSSR count). The van der Waals surface area contributed by atoms with E-state index in [1.54, 1.807) is 0 Å². The predicted octanol–water partition coefficient (Wildman–Crippen LogP) is 3.80. The van der Waals surface area contributed by atoms with Crippen LogP contribution in [0.25, 0.3) is 10.9 Å². The van der Waals surface area contributed by atoms with Crippen molar-refractivity contribution >= 4 is 10.9 Å². The molecular weight excluding hydrogens is 322 g/mol. The second-order valence-corrected chi connectivity index (χ2v) is 7.37. The summed E-state index contributed by atoms with van der Waals surface area (Å²) in [6, 6.07) is 18.5. The van der Waals surface area contributed by atoms with Crippen LogP contribution in [0.4, 0.5) is 0 Å². The molecule has 0 aliphatic carbocycles. The third-order valence-corrected chi connectivity index (χ3v) is 5.64. The average Bonchev–Trinajstić information content (AvgIpc) is 3.11. The minimum atomic E-state index is -0.647.